The van der Waals surface area contributed by atoms with Crippen LogP contribution in [-0.2, 0) is 13.0 Å². The summed E-state index contributed by atoms with van der Waals surface area (Å²) in [6, 6.07) is 11.9. The lowest BCUT2D eigenvalue weighted by atomic mass is 10.1. The maximum absolute atomic E-state index is 13.1. The topological polar surface area (TPSA) is 68.0 Å². The molecule has 1 N–H and O–H groups in total. The summed E-state index contributed by atoms with van der Waals surface area (Å²) in [5, 5.41) is 10.6. The molecular formula is C18H15ClFN3O2. The van der Waals surface area contributed by atoms with E-state index in [1.807, 2.05) is 31.2 Å². The van der Waals surface area contributed by atoms with Gasteiger partial charge < -0.3 is 9.73 Å². The summed E-state index contributed by atoms with van der Waals surface area (Å²) in [6.07, 6.45) is 0.220. The Morgan fingerprint density at radius 1 is 1.20 bits per heavy atom. The summed E-state index contributed by atoms with van der Waals surface area (Å²) in [4.78, 5) is 12.1. The molecule has 0 radical (unpaired) electrons. The van der Waals surface area contributed by atoms with Crippen molar-refractivity contribution < 1.29 is 13.6 Å². The summed E-state index contributed by atoms with van der Waals surface area (Å²) in [5.41, 5.74) is 2.76. The largest absolute Gasteiger partial charge is 0.417 e. The van der Waals surface area contributed by atoms with E-state index in [9.17, 15) is 9.18 Å². The number of aryl methyl sites for hydroxylation is 1. The zero-order chi connectivity index (χ0) is 17.8. The zero-order valence-electron chi connectivity index (χ0n) is 13.4. The van der Waals surface area contributed by atoms with Crippen molar-refractivity contribution in [1.29, 1.82) is 0 Å². The van der Waals surface area contributed by atoms with E-state index in [0.717, 1.165) is 11.1 Å². The smallest absolute Gasteiger partial charge is 0.309 e. The number of hydrogen-bond acceptors (Lipinski definition) is 4. The zero-order valence-corrected chi connectivity index (χ0v) is 14.2. The van der Waals surface area contributed by atoms with Crippen molar-refractivity contribution in [3.63, 3.8) is 0 Å². The lowest BCUT2D eigenvalue weighted by molar-refractivity contribution is 0.0914. The Morgan fingerprint density at radius 2 is 1.96 bits per heavy atom. The van der Waals surface area contributed by atoms with Crippen molar-refractivity contribution in [2.24, 2.45) is 0 Å². The Bertz CT molecular complexity index is 894. The number of halogens is 2. The van der Waals surface area contributed by atoms with Crippen LogP contribution in [-0.4, -0.2) is 16.1 Å². The second-order valence-electron chi connectivity index (χ2n) is 5.58. The second-order valence-corrected chi connectivity index (χ2v) is 5.99. The Balaban J connectivity index is 1.62. The van der Waals surface area contributed by atoms with Crippen LogP contribution in [0.15, 0.2) is 46.9 Å². The van der Waals surface area contributed by atoms with Crippen LogP contribution in [0.2, 0.25) is 5.02 Å². The van der Waals surface area contributed by atoms with Crippen molar-refractivity contribution in [2.45, 2.75) is 19.9 Å². The third kappa shape index (κ3) is 4.42. The molecule has 0 aliphatic rings. The monoisotopic (exact) mass is 359 g/mol. The van der Waals surface area contributed by atoms with Crippen molar-refractivity contribution >= 4 is 17.5 Å². The van der Waals surface area contributed by atoms with Gasteiger partial charge in [-0.05, 0) is 30.2 Å². The first-order chi connectivity index (χ1) is 12.0. The molecule has 0 fully saturated rings. The fraction of sp³-hybridized carbons (Fsp3) is 0.167. The van der Waals surface area contributed by atoms with E-state index in [-0.39, 0.29) is 23.2 Å². The lowest BCUT2D eigenvalue weighted by Crippen LogP contribution is -2.23. The van der Waals surface area contributed by atoms with Crippen molar-refractivity contribution in [3.8, 4) is 0 Å². The normalized spacial score (nSPS) is 10.7. The van der Waals surface area contributed by atoms with Gasteiger partial charge in [0.05, 0.1) is 6.42 Å². The Labute approximate surface area is 148 Å². The van der Waals surface area contributed by atoms with E-state index < -0.39 is 11.7 Å². The highest BCUT2D eigenvalue weighted by atomic mass is 35.5. The maximum Gasteiger partial charge on any atom is 0.309 e. The minimum absolute atomic E-state index is 0.125. The summed E-state index contributed by atoms with van der Waals surface area (Å²) in [5.74, 6) is -0.769. The average molecular weight is 360 g/mol. The van der Waals surface area contributed by atoms with Crippen LogP contribution >= 0.6 is 11.6 Å². The summed E-state index contributed by atoms with van der Waals surface area (Å²) in [6.45, 7) is 2.36. The third-order valence-electron chi connectivity index (χ3n) is 3.59. The molecule has 1 amide bonds. The summed E-state index contributed by atoms with van der Waals surface area (Å²) in [7, 11) is 0. The molecule has 3 aromatic rings. The van der Waals surface area contributed by atoms with Gasteiger partial charge in [0, 0.05) is 11.6 Å². The van der Waals surface area contributed by atoms with Crippen molar-refractivity contribution in [1.82, 2.24) is 15.5 Å². The number of carbonyl (C=O) groups is 1. The number of benzene rings is 2. The van der Waals surface area contributed by atoms with Crippen LogP contribution in [0.4, 0.5) is 4.39 Å². The minimum Gasteiger partial charge on any atom is -0.417 e. The molecule has 5 nitrogen and oxygen atoms in total. The first-order valence-corrected chi connectivity index (χ1v) is 7.99. The second kappa shape index (κ2) is 7.44. The average Bonchev–Trinajstić information content (AvgIpc) is 3.05. The van der Waals surface area contributed by atoms with Crippen LogP contribution in [0.3, 0.4) is 0 Å². The Kier molecular flexibility index (Phi) is 5.09. The van der Waals surface area contributed by atoms with E-state index in [0.29, 0.717) is 12.1 Å². The molecule has 0 saturated heterocycles. The first-order valence-electron chi connectivity index (χ1n) is 7.61. The minimum atomic E-state index is -0.454. The molecule has 1 heterocycles. The van der Waals surface area contributed by atoms with Gasteiger partial charge in [-0.15, -0.1) is 10.2 Å². The number of nitrogens with one attached hydrogen (secondary N) is 1. The molecule has 1 aromatic heterocycles. The molecule has 0 aliphatic heterocycles. The lowest BCUT2D eigenvalue weighted by Gasteiger charge is -2.03. The predicted molar refractivity (Wildman–Crippen MR) is 90.9 cm³/mol. The van der Waals surface area contributed by atoms with Gasteiger partial charge in [0.25, 0.3) is 0 Å². The van der Waals surface area contributed by atoms with Crippen LogP contribution in [0.25, 0.3) is 0 Å². The van der Waals surface area contributed by atoms with E-state index in [1.165, 1.54) is 12.1 Å². The van der Waals surface area contributed by atoms with Crippen LogP contribution in [0.5, 0.6) is 0 Å². The molecule has 0 unspecified atom stereocenters. The van der Waals surface area contributed by atoms with Crippen molar-refractivity contribution in [2.75, 3.05) is 0 Å². The van der Waals surface area contributed by atoms with Gasteiger partial charge in [0.1, 0.15) is 5.82 Å². The number of carbonyl (C=O) groups excluding carboxylic acids is 1. The predicted octanol–water partition coefficient (Wildman–Crippen LogP) is 3.69. The molecular weight excluding hydrogens is 345 g/mol. The highest BCUT2D eigenvalue weighted by Gasteiger charge is 2.15. The van der Waals surface area contributed by atoms with Gasteiger partial charge in [-0.1, -0.05) is 47.5 Å². The van der Waals surface area contributed by atoms with Gasteiger partial charge in [-0.2, -0.15) is 0 Å². The number of hydrogen-bond donors (Lipinski definition) is 1. The number of amides is 1. The maximum atomic E-state index is 13.1. The fourth-order valence-electron chi connectivity index (χ4n) is 2.21. The Hall–Kier alpha value is -2.73. The van der Waals surface area contributed by atoms with E-state index >= 15 is 0 Å². The van der Waals surface area contributed by atoms with Gasteiger partial charge >= 0.3 is 11.8 Å². The standard InChI is InChI=1S/C18H15ClFN3O2/c1-11-2-4-12(5-3-11)10-21-17(24)18-23-22-16(25-18)8-13-6-7-14(20)9-15(13)19/h2-7,9H,8,10H2,1H3,(H,21,24). The molecule has 7 heteroatoms. The van der Waals surface area contributed by atoms with Crippen LogP contribution in [0.1, 0.15) is 33.3 Å². The quantitative estimate of drug-likeness (QED) is 0.754. The molecule has 0 aliphatic carbocycles. The molecule has 3 rings (SSSR count). The highest BCUT2D eigenvalue weighted by molar-refractivity contribution is 6.31. The van der Waals surface area contributed by atoms with E-state index in [1.54, 1.807) is 6.07 Å². The number of rotatable bonds is 5. The summed E-state index contributed by atoms with van der Waals surface area (Å²) >= 11 is 5.97. The fourth-order valence-corrected chi connectivity index (χ4v) is 2.44. The Morgan fingerprint density at radius 3 is 2.68 bits per heavy atom. The first kappa shape index (κ1) is 17.1. The molecule has 25 heavy (non-hydrogen) atoms. The highest BCUT2D eigenvalue weighted by Crippen LogP contribution is 2.20. The van der Waals surface area contributed by atoms with Crippen molar-refractivity contribution in [3.05, 3.63) is 81.8 Å². The van der Waals surface area contributed by atoms with Crippen LogP contribution < -0.4 is 5.32 Å². The van der Waals surface area contributed by atoms with E-state index in [4.69, 9.17) is 16.0 Å². The third-order valence-corrected chi connectivity index (χ3v) is 3.94. The molecule has 0 spiro atoms. The SMILES string of the molecule is Cc1ccc(CNC(=O)c2nnc(Cc3ccc(F)cc3Cl)o2)cc1. The molecule has 0 bridgehead atoms. The molecule has 0 saturated carbocycles. The number of nitrogens with zero attached hydrogens (tertiary/aromatic N) is 2. The van der Waals surface area contributed by atoms with Gasteiger partial charge in [-0.25, -0.2) is 4.39 Å². The summed E-state index contributed by atoms with van der Waals surface area (Å²) < 4.78 is 18.4. The van der Waals surface area contributed by atoms with Gasteiger partial charge in [0.2, 0.25) is 5.89 Å². The van der Waals surface area contributed by atoms with Gasteiger partial charge in [0.15, 0.2) is 0 Å². The van der Waals surface area contributed by atoms with Crippen LogP contribution in [0, 0.1) is 12.7 Å². The molecule has 2 aromatic carbocycles. The molecule has 0 atom stereocenters. The molecule has 128 valence electrons. The van der Waals surface area contributed by atoms with Gasteiger partial charge in [-0.3, -0.25) is 4.79 Å². The van der Waals surface area contributed by atoms with E-state index in [2.05, 4.69) is 15.5 Å². The number of aromatic nitrogens is 2.